The minimum absolute atomic E-state index is 0.385. The Morgan fingerprint density at radius 1 is 1.35 bits per heavy atom. The summed E-state index contributed by atoms with van der Waals surface area (Å²) < 4.78 is 1.02. The predicted molar refractivity (Wildman–Crippen MR) is 76.2 cm³/mol. The fourth-order valence-corrected chi connectivity index (χ4v) is 2.21. The first kappa shape index (κ1) is 14.5. The van der Waals surface area contributed by atoms with Gasteiger partial charge in [-0.1, -0.05) is 43.1 Å². The largest absolute Gasteiger partial charge is 0.508 e. The fraction of sp³-hybridized carbons (Fsp3) is 0.571. The van der Waals surface area contributed by atoms with Crippen LogP contribution < -0.4 is 0 Å². The van der Waals surface area contributed by atoms with Crippen molar-refractivity contribution in [2.45, 2.75) is 33.7 Å². The van der Waals surface area contributed by atoms with E-state index in [-0.39, 0.29) is 0 Å². The van der Waals surface area contributed by atoms with Gasteiger partial charge in [-0.15, -0.1) is 0 Å². The number of benzene rings is 1. The Morgan fingerprint density at radius 2 is 2.06 bits per heavy atom. The summed E-state index contributed by atoms with van der Waals surface area (Å²) in [6, 6.07) is 5.61. The molecule has 3 heteroatoms. The molecule has 0 aliphatic carbocycles. The van der Waals surface area contributed by atoms with Crippen LogP contribution in [0.4, 0.5) is 0 Å². The maximum Gasteiger partial charge on any atom is 0.120 e. The van der Waals surface area contributed by atoms with Crippen molar-refractivity contribution in [3.63, 3.8) is 0 Å². The predicted octanol–water partition coefficient (Wildman–Crippen LogP) is 4.02. The second-order valence-electron chi connectivity index (χ2n) is 4.61. The molecule has 0 fully saturated rings. The van der Waals surface area contributed by atoms with Gasteiger partial charge >= 0.3 is 0 Å². The molecule has 0 saturated carbocycles. The smallest absolute Gasteiger partial charge is 0.120 e. The number of aromatic hydroxyl groups is 1. The standard InChI is InChI=1S/C14H22BrNO/c1-4-11(3)9-16(5-2)10-12-8-13(15)6-7-14(12)17/h6-8,11,17H,4-5,9-10H2,1-3H3. The molecule has 2 nitrogen and oxygen atoms in total. The summed E-state index contributed by atoms with van der Waals surface area (Å²) in [5, 5.41) is 9.82. The highest BCUT2D eigenvalue weighted by Gasteiger charge is 2.10. The van der Waals surface area contributed by atoms with Crippen molar-refractivity contribution in [1.29, 1.82) is 0 Å². The third kappa shape index (κ3) is 4.68. The molecule has 0 heterocycles. The van der Waals surface area contributed by atoms with E-state index in [4.69, 9.17) is 0 Å². The lowest BCUT2D eigenvalue weighted by Gasteiger charge is -2.24. The van der Waals surface area contributed by atoms with Crippen LogP contribution in [0.5, 0.6) is 5.75 Å². The molecule has 0 aliphatic heterocycles. The molecule has 0 aromatic heterocycles. The monoisotopic (exact) mass is 299 g/mol. The van der Waals surface area contributed by atoms with Crippen LogP contribution in [0, 0.1) is 5.92 Å². The molecule has 17 heavy (non-hydrogen) atoms. The van der Waals surface area contributed by atoms with Gasteiger partial charge in [0.1, 0.15) is 5.75 Å². The summed E-state index contributed by atoms with van der Waals surface area (Å²) in [6.07, 6.45) is 1.20. The minimum Gasteiger partial charge on any atom is -0.508 e. The zero-order chi connectivity index (χ0) is 12.8. The van der Waals surface area contributed by atoms with E-state index in [1.165, 1.54) is 6.42 Å². The highest BCUT2D eigenvalue weighted by atomic mass is 79.9. The first-order chi connectivity index (χ1) is 8.06. The van der Waals surface area contributed by atoms with Crippen LogP contribution in [-0.4, -0.2) is 23.1 Å². The van der Waals surface area contributed by atoms with Crippen LogP contribution in [0.25, 0.3) is 0 Å². The molecule has 0 saturated heterocycles. The van der Waals surface area contributed by atoms with Crippen molar-refractivity contribution < 1.29 is 5.11 Å². The van der Waals surface area contributed by atoms with Gasteiger partial charge < -0.3 is 5.11 Å². The van der Waals surface area contributed by atoms with Crippen LogP contribution >= 0.6 is 15.9 Å². The van der Waals surface area contributed by atoms with Crippen molar-refractivity contribution >= 4 is 15.9 Å². The Labute approximate surface area is 113 Å². The molecule has 1 aromatic carbocycles. The number of hydrogen-bond acceptors (Lipinski definition) is 2. The van der Waals surface area contributed by atoms with Gasteiger partial charge in [0.2, 0.25) is 0 Å². The lowest BCUT2D eigenvalue weighted by Crippen LogP contribution is -2.27. The second-order valence-corrected chi connectivity index (χ2v) is 5.53. The number of hydrogen-bond donors (Lipinski definition) is 1. The van der Waals surface area contributed by atoms with Crippen LogP contribution in [-0.2, 0) is 6.54 Å². The normalized spacial score (nSPS) is 13.0. The number of halogens is 1. The summed E-state index contributed by atoms with van der Waals surface area (Å²) in [5.41, 5.74) is 0.990. The molecule has 0 amide bonds. The Kier molecular flexibility index (Phi) is 6.00. The van der Waals surface area contributed by atoms with E-state index < -0.39 is 0 Å². The van der Waals surface area contributed by atoms with Gasteiger partial charge in [-0.05, 0) is 30.7 Å². The molecular weight excluding hydrogens is 278 g/mol. The van der Waals surface area contributed by atoms with Crippen LogP contribution in [0.15, 0.2) is 22.7 Å². The van der Waals surface area contributed by atoms with E-state index in [2.05, 4.69) is 41.6 Å². The number of phenols is 1. The summed E-state index contributed by atoms with van der Waals surface area (Å²) in [6.45, 7) is 9.55. The molecule has 0 bridgehead atoms. The molecular formula is C14H22BrNO. The third-order valence-corrected chi connectivity index (χ3v) is 3.64. The number of nitrogens with zero attached hydrogens (tertiary/aromatic N) is 1. The maximum absolute atomic E-state index is 9.82. The van der Waals surface area contributed by atoms with Crippen LogP contribution in [0.2, 0.25) is 0 Å². The number of rotatable bonds is 6. The Bertz CT molecular complexity index is 354. The average Bonchev–Trinajstić information content (AvgIpc) is 2.32. The van der Waals surface area contributed by atoms with Crippen LogP contribution in [0.1, 0.15) is 32.8 Å². The Morgan fingerprint density at radius 3 is 2.65 bits per heavy atom. The van der Waals surface area contributed by atoms with E-state index in [0.717, 1.165) is 29.7 Å². The second kappa shape index (κ2) is 7.02. The molecule has 96 valence electrons. The molecule has 1 unspecified atom stereocenters. The molecule has 0 spiro atoms. The summed E-state index contributed by atoms with van der Waals surface area (Å²) >= 11 is 3.44. The Hall–Kier alpha value is -0.540. The molecule has 0 aliphatic rings. The van der Waals surface area contributed by atoms with Crippen molar-refractivity contribution in [2.75, 3.05) is 13.1 Å². The van der Waals surface area contributed by atoms with E-state index in [1.54, 1.807) is 6.07 Å². The molecule has 1 aromatic rings. The third-order valence-electron chi connectivity index (χ3n) is 3.15. The maximum atomic E-state index is 9.82. The minimum atomic E-state index is 0.385. The lowest BCUT2D eigenvalue weighted by molar-refractivity contribution is 0.235. The molecule has 1 rings (SSSR count). The van der Waals surface area contributed by atoms with E-state index >= 15 is 0 Å². The zero-order valence-electron chi connectivity index (χ0n) is 10.9. The van der Waals surface area contributed by atoms with E-state index in [0.29, 0.717) is 11.7 Å². The topological polar surface area (TPSA) is 23.5 Å². The van der Waals surface area contributed by atoms with Gasteiger partial charge in [-0.2, -0.15) is 0 Å². The van der Waals surface area contributed by atoms with E-state index in [9.17, 15) is 5.11 Å². The zero-order valence-corrected chi connectivity index (χ0v) is 12.5. The summed E-state index contributed by atoms with van der Waals surface area (Å²) in [5.74, 6) is 1.08. The van der Waals surface area contributed by atoms with Gasteiger partial charge in [-0.25, -0.2) is 0 Å². The number of phenolic OH excluding ortho intramolecular Hbond substituents is 1. The molecule has 1 atom stereocenters. The SMILES string of the molecule is CCC(C)CN(CC)Cc1cc(Br)ccc1O. The quantitative estimate of drug-likeness (QED) is 0.857. The van der Waals surface area contributed by atoms with E-state index in [1.807, 2.05) is 12.1 Å². The van der Waals surface area contributed by atoms with Gasteiger partial charge in [-0.3, -0.25) is 4.90 Å². The first-order valence-electron chi connectivity index (χ1n) is 6.26. The average molecular weight is 300 g/mol. The van der Waals surface area contributed by atoms with Gasteiger partial charge in [0.15, 0.2) is 0 Å². The summed E-state index contributed by atoms with van der Waals surface area (Å²) in [7, 11) is 0. The highest BCUT2D eigenvalue weighted by molar-refractivity contribution is 9.10. The lowest BCUT2D eigenvalue weighted by atomic mass is 10.1. The summed E-state index contributed by atoms with van der Waals surface area (Å²) in [4.78, 5) is 2.37. The van der Waals surface area contributed by atoms with Crippen molar-refractivity contribution in [2.24, 2.45) is 5.92 Å². The highest BCUT2D eigenvalue weighted by Crippen LogP contribution is 2.23. The molecule has 0 radical (unpaired) electrons. The van der Waals surface area contributed by atoms with Crippen LogP contribution in [0.3, 0.4) is 0 Å². The first-order valence-corrected chi connectivity index (χ1v) is 7.05. The van der Waals surface area contributed by atoms with Gasteiger partial charge in [0.05, 0.1) is 0 Å². The van der Waals surface area contributed by atoms with Crippen molar-refractivity contribution in [1.82, 2.24) is 4.90 Å². The van der Waals surface area contributed by atoms with Crippen molar-refractivity contribution in [3.8, 4) is 5.75 Å². The van der Waals surface area contributed by atoms with Crippen molar-refractivity contribution in [3.05, 3.63) is 28.2 Å². The molecule has 1 N–H and O–H groups in total. The Balaban J connectivity index is 2.69. The fourth-order valence-electron chi connectivity index (χ4n) is 1.80. The van der Waals surface area contributed by atoms with Gasteiger partial charge in [0, 0.05) is 23.1 Å². The van der Waals surface area contributed by atoms with Gasteiger partial charge in [0.25, 0.3) is 0 Å².